The highest BCUT2D eigenvalue weighted by Crippen LogP contribution is 2.34. The SMILES string of the molecule is COC(COS(=O)(=O)c1ccc(Br)cc1)(c1ccccc1)c1ccccc1. The Morgan fingerprint density at radius 2 is 1.30 bits per heavy atom. The second-order valence-corrected chi connectivity index (χ2v) is 8.46. The zero-order valence-corrected chi connectivity index (χ0v) is 17.1. The molecule has 0 aliphatic carbocycles. The van der Waals surface area contributed by atoms with Crippen LogP contribution in [0, 0.1) is 0 Å². The molecule has 6 heteroatoms. The predicted molar refractivity (Wildman–Crippen MR) is 108 cm³/mol. The number of halogens is 1. The quantitative estimate of drug-likeness (QED) is 0.491. The van der Waals surface area contributed by atoms with E-state index in [-0.39, 0.29) is 11.5 Å². The van der Waals surface area contributed by atoms with Crippen LogP contribution in [0.5, 0.6) is 0 Å². The molecule has 0 amide bonds. The maximum absolute atomic E-state index is 12.7. The smallest absolute Gasteiger partial charge is 0.297 e. The lowest BCUT2D eigenvalue weighted by atomic mass is 9.87. The van der Waals surface area contributed by atoms with Crippen LogP contribution in [0.15, 0.2) is 94.3 Å². The van der Waals surface area contributed by atoms with Gasteiger partial charge in [0.2, 0.25) is 0 Å². The summed E-state index contributed by atoms with van der Waals surface area (Å²) in [4.78, 5) is 0.0943. The molecule has 27 heavy (non-hydrogen) atoms. The maximum Gasteiger partial charge on any atom is 0.297 e. The number of rotatable bonds is 7. The predicted octanol–water partition coefficient (Wildman–Crippen LogP) is 4.74. The Bertz CT molecular complexity index is 932. The summed E-state index contributed by atoms with van der Waals surface area (Å²) < 4.78 is 37.5. The number of methoxy groups -OCH3 is 1. The maximum atomic E-state index is 12.7. The molecule has 0 saturated heterocycles. The molecule has 0 atom stereocenters. The summed E-state index contributed by atoms with van der Waals surface area (Å²) in [6.45, 7) is -0.185. The third kappa shape index (κ3) is 4.30. The zero-order valence-electron chi connectivity index (χ0n) is 14.7. The van der Waals surface area contributed by atoms with E-state index in [9.17, 15) is 8.42 Å². The van der Waals surface area contributed by atoms with Gasteiger partial charge in [-0.2, -0.15) is 8.42 Å². The van der Waals surface area contributed by atoms with Crippen LogP contribution in [-0.4, -0.2) is 22.1 Å². The standard InChI is InChI=1S/C21H19BrO4S/c1-25-21(17-8-4-2-5-9-17,18-10-6-3-7-11-18)16-26-27(23,24)20-14-12-19(22)13-15-20/h2-15H,16H2,1H3. The Morgan fingerprint density at radius 1 is 0.815 bits per heavy atom. The highest BCUT2D eigenvalue weighted by Gasteiger charge is 2.36. The molecule has 0 unspecified atom stereocenters. The van der Waals surface area contributed by atoms with Crippen LogP contribution in [0.1, 0.15) is 11.1 Å². The lowest BCUT2D eigenvalue weighted by Gasteiger charge is -2.33. The molecule has 0 saturated carbocycles. The molecule has 3 aromatic carbocycles. The summed E-state index contributed by atoms with van der Waals surface area (Å²) in [5, 5.41) is 0. The van der Waals surface area contributed by atoms with Crippen molar-refractivity contribution in [3.05, 3.63) is 101 Å². The number of hydrogen-bond donors (Lipinski definition) is 0. The zero-order chi connectivity index (χ0) is 19.3. The number of ether oxygens (including phenoxy) is 1. The first-order valence-electron chi connectivity index (χ1n) is 8.29. The first-order chi connectivity index (χ1) is 13.0. The monoisotopic (exact) mass is 446 g/mol. The van der Waals surface area contributed by atoms with Gasteiger partial charge in [-0.05, 0) is 35.4 Å². The largest absolute Gasteiger partial charge is 0.366 e. The normalized spacial score (nSPS) is 12.1. The van der Waals surface area contributed by atoms with Gasteiger partial charge in [0.15, 0.2) is 0 Å². The molecule has 0 bridgehead atoms. The molecule has 0 spiro atoms. The van der Waals surface area contributed by atoms with Crippen LogP contribution in [0.25, 0.3) is 0 Å². The van der Waals surface area contributed by atoms with Crippen LogP contribution in [-0.2, 0) is 24.6 Å². The van der Waals surface area contributed by atoms with Gasteiger partial charge in [0, 0.05) is 11.6 Å². The Morgan fingerprint density at radius 3 is 1.74 bits per heavy atom. The average Bonchev–Trinajstić information content (AvgIpc) is 2.71. The molecular weight excluding hydrogens is 428 g/mol. The molecule has 0 N–H and O–H groups in total. The van der Waals surface area contributed by atoms with Crippen molar-refractivity contribution >= 4 is 26.0 Å². The van der Waals surface area contributed by atoms with E-state index in [0.29, 0.717) is 0 Å². The fourth-order valence-electron chi connectivity index (χ4n) is 2.87. The van der Waals surface area contributed by atoms with E-state index in [0.717, 1.165) is 15.6 Å². The molecule has 0 aliphatic heterocycles. The van der Waals surface area contributed by atoms with E-state index < -0.39 is 15.7 Å². The van der Waals surface area contributed by atoms with E-state index in [4.69, 9.17) is 8.92 Å². The molecule has 3 aromatic rings. The van der Waals surface area contributed by atoms with Gasteiger partial charge >= 0.3 is 0 Å². The second-order valence-electron chi connectivity index (χ2n) is 5.93. The van der Waals surface area contributed by atoms with Crippen molar-refractivity contribution in [1.29, 1.82) is 0 Å². The molecule has 0 aromatic heterocycles. The summed E-state index contributed by atoms with van der Waals surface area (Å²) in [5.41, 5.74) is 0.569. The summed E-state index contributed by atoms with van der Waals surface area (Å²) in [6, 6.07) is 25.2. The average molecular weight is 447 g/mol. The molecule has 0 radical (unpaired) electrons. The molecular formula is C21H19BrO4S. The minimum absolute atomic E-state index is 0.0943. The molecule has 0 heterocycles. The Hall–Kier alpha value is -1.99. The van der Waals surface area contributed by atoms with E-state index >= 15 is 0 Å². The summed E-state index contributed by atoms with van der Waals surface area (Å²) >= 11 is 3.30. The summed E-state index contributed by atoms with van der Waals surface area (Å²) in [5.74, 6) is 0. The topological polar surface area (TPSA) is 52.6 Å². The van der Waals surface area contributed by atoms with E-state index in [2.05, 4.69) is 15.9 Å². The van der Waals surface area contributed by atoms with Gasteiger partial charge in [-0.3, -0.25) is 4.18 Å². The van der Waals surface area contributed by atoms with Crippen LogP contribution in [0.4, 0.5) is 0 Å². The van der Waals surface area contributed by atoms with Crippen molar-refractivity contribution in [3.63, 3.8) is 0 Å². The van der Waals surface area contributed by atoms with Gasteiger partial charge < -0.3 is 4.74 Å². The number of hydrogen-bond acceptors (Lipinski definition) is 4. The van der Waals surface area contributed by atoms with Crippen LogP contribution in [0.2, 0.25) is 0 Å². The lowest BCUT2D eigenvalue weighted by Crippen LogP contribution is -2.36. The van der Waals surface area contributed by atoms with Crippen molar-refractivity contribution < 1.29 is 17.3 Å². The molecule has 0 aliphatic rings. The summed E-state index contributed by atoms with van der Waals surface area (Å²) in [6.07, 6.45) is 0. The van der Waals surface area contributed by atoms with Gasteiger partial charge in [-0.1, -0.05) is 76.6 Å². The van der Waals surface area contributed by atoms with Gasteiger partial charge in [-0.25, -0.2) is 0 Å². The highest BCUT2D eigenvalue weighted by atomic mass is 79.9. The van der Waals surface area contributed by atoms with Crippen molar-refractivity contribution in [2.24, 2.45) is 0 Å². The van der Waals surface area contributed by atoms with E-state index in [1.54, 1.807) is 19.2 Å². The fourth-order valence-corrected chi connectivity index (χ4v) is 4.06. The fraction of sp³-hybridized carbons (Fsp3) is 0.143. The Balaban J connectivity index is 1.98. The highest BCUT2D eigenvalue weighted by molar-refractivity contribution is 9.10. The minimum atomic E-state index is -3.94. The third-order valence-electron chi connectivity index (χ3n) is 4.35. The number of benzene rings is 3. The van der Waals surface area contributed by atoms with E-state index in [1.165, 1.54) is 12.1 Å². The van der Waals surface area contributed by atoms with E-state index in [1.807, 2.05) is 60.7 Å². The van der Waals surface area contributed by atoms with Crippen LogP contribution < -0.4 is 0 Å². The first kappa shape index (κ1) is 19.8. The van der Waals surface area contributed by atoms with Crippen molar-refractivity contribution in [2.45, 2.75) is 10.5 Å². The van der Waals surface area contributed by atoms with Gasteiger partial charge in [0.05, 0.1) is 4.90 Å². The van der Waals surface area contributed by atoms with Crippen LogP contribution in [0.3, 0.4) is 0 Å². The van der Waals surface area contributed by atoms with Crippen LogP contribution >= 0.6 is 15.9 Å². The van der Waals surface area contributed by atoms with Crippen molar-refractivity contribution in [3.8, 4) is 0 Å². The first-order valence-corrected chi connectivity index (χ1v) is 10.5. The van der Waals surface area contributed by atoms with Gasteiger partial charge in [0.25, 0.3) is 10.1 Å². The molecule has 0 fully saturated rings. The Labute approximate surface area is 168 Å². The molecule has 4 nitrogen and oxygen atoms in total. The minimum Gasteiger partial charge on any atom is -0.366 e. The van der Waals surface area contributed by atoms with Crippen molar-refractivity contribution in [1.82, 2.24) is 0 Å². The summed E-state index contributed by atoms with van der Waals surface area (Å²) in [7, 11) is -2.39. The second kappa shape index (κ2) is 8.35. The van der Waals surface area contributed by atoms with Crippen molar-refractivity contribution in [2.75, 3.05) is 13.7 Å². The van der Waals surface area contributed by atoms with Gasteiger partial charge in [-0.15, -0.1) is 0 Å². The van der Waals surface area contributed by atoms with Gasteiger partial charge in [0.1, 0.15) is 12.2 Å². The Kier molecular flexibility index (Phi) is 6.11. The lowest BCUT2D eigenvalue weighted by molar-refractivity contribution is -0.0144. The third-order valence-corrected chi connectivity index (χ3v) is 6.15. The molecule has 3 rings (SSSR count). The molecule has 140 valence electrons.